The first-order valence-corrected chi connectivity index (χ1v) is 6.31. The predicted octanol–water partition coefficient (Wildman–Crippen LogP) is 3.63. The minimum Gasteiger partial charge on any atom is -0.490 e. The summed E-state index contributed by atoms with van der Waals surface area (Å²) >= 11 is 0. The van der Waals surface area contributed by atoms with E-state index in [1.807, 2.05) is 13.0 Å². The molecular weight excluding hydrogens is 228 g/mol. The van der Waals surface area contributed by atoms with Gasteiger partial charge in [-0.25, -0.2) is 0 Å². The van der Waals surface area contributed by atoms with Gasteiger partial charge in [0.1, 0.15) is 12.9 Å². The van der Waals surface area contributed by atoms with Crippen molar-refractivity contribution < 1.29 is 14.3 Å². The molecule has 0 aromatic heterocycles. The van der Waals surface area contributed by atoms with Crippen LogP contribution < -0.4 is 9.47 Å². The van der Waals surface area contributed by atoms with Crippen LogP contribution in [0.1, 0.15) is 37.0 Å². The Bertz CT molecular complexity index is 397. The standard InChI is InChI=1S/C15H20O3/c1-3-5-6-7-10-18-14-9-8-13(12-16)11-15(14)17-4-2/h6-9,11-12H,3-5,10H2,1-2H3. The molecule has 0 heterocycles. The molecule has 3 heteroatoms. The van der Waals surface area contributed by atoms with Crippen molar-refractivity contribution in [2.24, 2.45) is 0 Å². The lowest BCUT2D eigenvalue weighted by atomic mass is 10.2. The van der Waals surface area contributed by atoms with Crippen LogP contribution in [0.5, 0.6) is 11.5 Å². The summed E-state index contributed by atoms with van der Waals surface area (Å²) in [6.07, 6.45) is 7.08. The Kier molecular flexibility index (Phi) is 6.62. The van der Waals surface area contributed by atoms with Crippen molar-refractivity contribution >= 4 is 6.29 Å². The van der Waals surface area contributed by atoms with Crippen molar-refractivity contribution in [3.8, 4) is 11.5 Å². The van der Waals surface area contributed by atoms with Gasteiger partial charge in [-0.3, -0.25) is 4.79 Å². The van der Waals surface area contributed by atoms with Crippen molar-refractivity contribution in [1.82, 2.24) is 0 Å². The van der Waals surface area contributed by atoms with E-state index in [1.54, 1.807) is 18.2 Å². The Morgan fingerprint density at radius 3 is 2.61 bits per heavy atom. The zero-order valence-corrected chi connectivity index (χ0v) is 11.0. The van der Waals surface area contributed by atoms with Crippen LogP contribution in [0.3, 0.4) is 0 Å². The van der Waals surface area contributed by atoms with Gasteiger partial charge in [0.2, 0.25) is 0 Å². The lowest BCUT2D eigenvalue weighted by molar-refractivity contribution is 0.112. The largest absolute Gasteiger partial charge is 0.490 e. The summed E-state index contributed by atoms with van der Waals surface area (Å²) in [5.41, 5.74) is 0.590. The molecule has 0 aliphatic carbocycles. The fourth-order valence-corrected chi connectivity index (χ4v) is 1.48. The molecule has 0 fully saturated rings. The molecule has 0 unspecified atom stereocenters. The van der Waals surface area contributed by atoms with Crippen LogP contribution in [0.25, 0.3) is 0 Å². The van der Waals surface area contributed by atoms with Gasteiger partial charge in [-0.1, -0.05) is 25.5 Å². The first kappa shape index (κ1) is 14.3. The van der Waals surface area contributed by atoms with Gasteiger partial charge in [0.15, 0.2) is 11.5 Å². The van der Waals surface area contributed by atoms with Crippen LogP contribution in [0.2, 0.25) is 0 Å². The summed E-state index contributed by atoms with van der Waals surface area (Å²) in [5.74, 6) is 1.29. The van der Waals surface area contributed by atoms with Crippen LogP contribution in [-0.2, 0) is 0 Å². The summed E-state index contributed by atoms with van der Waals surface area (Å²) < 4.78 is 11.1. The van der Waals surface area contributed by atoms with Crippen molar-refractivity contribution in [3.05, 3.63) is 35.9 Å². The van der Waals surface area contributed by atoms with Crippen LogP contribution in [0.4, 0.5) is 0 Å². The molecule has 0 radical (unpaired) electrons. The van der Waals surface area contributed by atoms with E-state index in [1.165, 1.54) is 0 Å². The molecule has 0 aliphatic rings. The number of unbranched alkanes of at least 4 members (excludes halogenated alkanes) is 1. The lowest BCUT2D eigenvalue weighted by Gasteiger charge is -2.10. The Morgan fingerprint density at radius 2 is 1.94 bits per heavy atom. The highest BCUT2D eigenvalue weighted by Crippen LogP contribution is 2.27. The van der Waals surface area contributed by atoms with E-state index in [4.69, 9.17) is 9.47 Å². The van der Waals surface area contributed by atoms with Gasteiger partial charge in [0.05, 0.1) is 6.61 Å². The van der Waals surface area contributed by atoms with Gasteiger partial charge in [0.25, 0.3) is 0 Å². The molecule has 98 valence electrons. The number of hydrogen-bond acceptors (Lipinski definition) is 3. The predicted molar refractivity (Wildman–Crippen MR) is 72.5 cm³/mol. The normalized spacial score (nSPS) is 10.6. The second kappa shape index (κ2) is 8.34. The Labute approximate surface area is 108 Å². The van der Waals surface area contributed by atoms with Crippen LogP contribution in [-0.4, -0.2) is 19.5 Å². The Morgan fingerprint density at radius 1 is 1.11 bits per heavy atom. The van der Waals surface area contributed by atoms with Crippen LogP contribution >= 0.6 is 0 Å². The molecule has 0 saturated heterocycles. The highest BCUT2D eigenvalue weighted by Gasteiger charge is 2.05. The third-order valence-corrected chi connectivity index (χ3v) is 2.36. The second-order valence-electron chi connectivity index (χ2n) is 3.83. The van der Waals surface area contributed by atoms with Crippen LogP contribution in [0, 0.1) is 0 Å². The molecule has 1 aromatic rings. The number of hydrogen-bond donors (Lipinski definition) is 0. The van der Waals surface area contributed by atoms with Gasteiger partial charge in [0, 0.05) is 5.56 Å². The Balaban J connectivity index is 2.65. The fourth-order valence-electron chi connectivity index (χ4n) is 1.48. The summed E-state index contributed by atoms with van der Waals surface area (Å²) in [7, 11) is 0. The fraction of sp³-hybridized carbons (Fsp3) is 0.400. The summed E-state index contributed by atoms with van der Waals surface area (Å²) in [4.78, 5) is 10.7. The molecule has 18 heavy (non-hydrogen) atoms. The molecule has 0 aliphatic heterocycles. The minimum atomic E-state index is 0.514. The number of aldehydes is 1. The lowest BCUT2D eigenvalue weighted by Crippen LogP contribution is -1.99. The summed E-state index contributed by atoms with van der Waals surface area (Å²) in [6.45, 7) is 5.10. The number of rotatable bonds is 8. The molecule has 0 spiro atoms. The maximum Gasteiger partial charge on any atom is 0.161 e. The highest BCUT2D eigenvalue weighted by atomic mass is 16.5. The summed E-state index contributed by atoms with van der Waals surface area (Å²) in [6, 6.07) is 5.19. The number of allylic oxidation sites excluding steroid dienone is 1. The quantitative estimate of drug-likeness (QED) is 0.520. The number of benzene rings is 1. The molecule has 1 rings (SSSR count). The van der Waals surface area contributed by atoms with Crippen molar-refractivity contribution in [2.45, 2.75) is 26.7 Å². The number of carbonyl (C=O) groups excluding carboxylic acids is 1. The first-order chi connectivity index (χ1) is 8.81. The number of ether oxygens (including phenoxy) is 2. The third-order valence-electron chi connectivity index (χ3n) is 2.36. The van der Waals surface area contributed by atoms with Gasteiger partial charge in [-0.2, -0.15) is 0 Å². The molecule has 3 nitrogen and oxygen atoms in total. The van der Waals surface area contributed by atoms with Crippen molar-refractivity contribution in [1.29, 1.82) is 0 Å². The Hall–Kier alpha value is -1.77. The minimum absolute atomic E-state index is 0.514. The smallest absolute Gasteiger partial charge is 0.161 e. The van der Waals surface area contributed by atoms with E-state index >= 15 is 0 Å². The van der Waals surface area contributed by atoms with E-state index in [0.717, 1.165) is 19.1 Å². The SMILES string of the molecule is CCCC=CCOc1ccc(C=O)cc1OCC. The highest BCUT2D eigenvalue weighted by molar-refractivity contribution is 5.76. The van der Waals surface area contributed by atoms with E-state index in [-0.39, 0.29) is 0 Å². The van der Waals surface area contributed by atoms with Gasteiger partial charge in [-0.05, 0) is 31.5 Å². The van der Waals surface area contributed by atoms with E-state index in [0.29, 0.717) is 30.3 Å². The van der Waals surface area contributed by atoms with Crippen molar-refractivity contribution in [3.63, 3.8) is 0 Å². The van der Waals surface area contributed by atoms with Gasteiger partial charge >= 0.3 is 0 Å². The van der Waals surface area contributed by atoms with E-state index in [9.17, 15) is 4.79 Å². The van der Waals surface area contributed by atoms with E-state index < -0.39 is 0 Å². The molecule has 0 saturated carbocycles. The topological polar surface area (TPSA) is 35.5 Å². The summed E-state index contributed by atoms with van der Waals surface area (Å²) in [5, 5.41) is 0. The molecule has 0 N–H and O–H groups in total. The maximum absolute atomic E-state index is 10.7. The number of carbonyl (C=O) groups is 1. The zero-order valence-electron chi connectivity index (χ0n) is 11.0. The van der Waals surface area contributed by atoms with Gasteiger partial charge in [-0.15, -0.1) is 0 Å². The molecule has 0 atom stereocenters. The third kappa shape index (κ3) is 4.62. The monoisotopic (exact) mass is 248 g/mol. The van der Waals surface area contributed by atoms with E-state index in [2.05, 4.69) is 13.0 Å². The first-order valence-electron chi connectivity index (χ1n) is 6.31. The second-order valence-corrected chi connectivity index (χ2v) is 3.83. The van der Waals surface area contributed by atoms with Crippen LogP contribution in [0.15, 0.2) is 30.4 Å². The molecule has 1 aromatic carbocycles. The van der Waals surface area contributed by atoms with Crippen molar-refractivity contribution in [2.75, 3.05) is 13.2 Å². The van der Waals surface area contributed by atoms with Gasteiger partial charge < -0.3 is 9.47 Å². The average molecular weight is 248 g/mol. The molecule has 0 amide bonds. The maximum atomic E-state index is 10.7. The average Bonchev–Trinajstić information content (AvgIpc) is 2.40. The molecule has 0 bridgehead atoms. The molecular formula is C15H20O3. The zero-order chi connectivity index (χ0) is 13.2.